The Bertz CT molecular complexity index is 189. The second-order valence-corrected chi connectivity index (χ2v) is 4.78. The van der Waals surface area contributed by atoms with Crippen LogP contribution in [0, 0.1) is 5.41 Å². The maximum Gasteiger partial charge on any atom is 0.0579 e. The average Bonchev–Trinajstić information content (AvgIpc) is 2.50. The molecule has 0 amide bonds. The number of likely N-dealkylation sites (N-methyl/N-ethyl adjacent to an activating group) is 1. The fourth-order valence-electron chi connectivity index (χ4n) is 2.10. The van der Waals surface area contributed by atoms with Crippen molar-refractivity contribution in [3.8, 4) is 0 Å². The molecule has 0 aliphatic carbocycles. The van der Waals surface area contributed by atoms with Gasteiger partial charge in [-0.15, -0.1) is 0 Å². The van der Waals surface area contributed by atoms with Crippen molar-refractivity contribution in [2.24, 2.45) is 5.41 Å². The molecule has 4 nitrogen and oxygen atoms in total. The first-order valence-corrected chi connectivity index (χ1v) is 5.35. The summed E-state index contributed by atoms with van der Waals surface area (Å²) >= 11 is 0. The van der Waals surface area contributed by atoms with Crippen molar-refractivity contribution in [2.75, 3.05) is 46.5 Å². The van der Waals surface area contributed by atoms with Crippen LogP contribution in [0.15, 0.2) is 0 Å². The number of aliphatic hydroxyl groups is 1. The van der Waals surface area contributed by atoms with Crippen LogP contribution in [-0.2, 0) is 4.74 Å². The molecule has 1 atom stereocenters. The quantitative estimate of drug-likeness (QED) is 0.629. The highest BCUT2D eigenvalue weighted by molar-refractivity contribution is 4.89. The minimum atomic E-state index is 0.0150. The topological polar surface area (TPSA) is 44.7 Å². The molecule has 2 heterocycles. The molecule has 82 valence electrons. The average molecular weight is 200 g/mol. The predicted molar refractivity (Wildman–Crippen MR) is 54.2 cm³/mol. The van der Waals surface area contributed by atoms with E-state index in [0.29, 0.717) is 19.3 Å². The Hall–Kier alpha value is -0.160. The Labute approximate surface area is 85.2 Å². The molecule has 2 aliphatic heterocycles. The van der Waals surface area contributed by atoms with Crippen LogP contribution in [0.1, 0.15) is 6.42 Å². The molecule has 0 bridgehead atoms. The Morgan fingerprint density at radius 2 is 2.36 bits per heavy atom. The van der Waals surface area contributed by atoms with Gasteiger partial charge in [-0.3, -0.25) is 0 Å². The third-order valence-electron chi connectivity index (χ3n) is 3.31. The molecule has 0 radical (unpaired) electrons. The van der Waals surface area contributed by atoms with Crippen LogP contribution in [0.3, 0.4) is 0 Å². The summed E-state index contributed by atoms with van der Waals surface area (Å²) in [5.74, 6) is 0. The van der Waals surface area contributed by atoms with Crippen molar-refractivity contribution in [1.29, 1.82) is 0 Å². The third-order valence-corrected chi connectivity index (χ3v) is 3.31. The van der Waals surface area contributed by atoms with E-state index in [9.17, 15) is 5.11 Å². The van der Waals surface area contributed by atoms with Crippen molar-refractivity contribution in [1.82, 2.24) is 10.2 Å². The van der Waals surface area contributed by atoms with Gasteiger partial charge in [0.05, 0.1) is 25.2 Å². The maximum atomic E-state index is 9.23. The lowest BCUT2D eigenvalue weighted by Crippen LogP contribution is -2.54. The molecule has 0 spiro atoms. The van der Waals surface area contributed by atoms with E-state index in [2.05, 4.69) is 17.3 Å². The largest absolute Gasteiger partial charge is 0.396 e. The summed E-state index contributed by atoms with van der Waals surface area (Å²) in [4.78, 5) is 2.33. The van der Waals surface area contributed by atoms with Gasteiger partial charge in [-0.25, -0.2) is 0 Å². The number of hydrogen-bond acceptors (Lipinski definition) is 4. The molecule has 2 saturated heterocycles. The lowest BCUT2D eigenvalue weighted by molar-refractivity contribution is -0.135. The fraction of sp³-hybridized carbons (Fsp3) is 1.00. The molecule has 14 heavy (non-hydrogen) atoms. The summed E-state index contributed by atoms with van der Waals surface area (Å²) in [6.45, 7) is 4.85. The van der Waals surface area contributed by atoms with E-state index in [0.717, 1.165) is 13.1 Å². The molecule has 0 saturated carbocycles. The van der Waals surface area contributed by atoms with E-state index < -0.39 is 0 Å². The van der Waals surface area contributed by atoms with Crippen molar-refractivity contribution in [3.05, 3.63) is 0 Å². The van der Waals surface area contributed by atoms with Gasteiger partial charge in [-0.2, -0.15) is 0 Å². The highest BCUT2D eigenvalue weighted by Gasteiger charge is 2.38. The molecular weight excluding hydrogens is 180 g/mol. The second-order valence-electron chi connectivity index (χ2n) is 4.78. The number of ether oxygens (including phenoxy) is 1. The highest BCUT2D eigenvalue weighted by atomic mass is 16.5. The lowest BCUT2D eigenvalue weighted by Gasteiger charge is -2.40. The van der Waals surface area contributed by atoms with Crippen molar-refractivity contribution < 1.29 is 9.84 Å². The third kappa shape index (κ3) is 2.08. The minimum absolute atomic E-state index is 0.0150. The number of nitrogens with one attached hydrogen (secondary N) is 1. The molecule has 0 aromatic rings. The summed E-state index contributed by atoms with van der Waals surface area (Å²) in [7, 11) is 2.15. The SMILES string of the molecule is CN1CCC(NCC2(CO)COC2)C1. The van der Waals surface area contributed by atoms with Crippen molar-refractivity contribution >= 4 is 0 Å². The number of nitrogens with zero attached hydrogens (tertiary/aromatic N) is 1. The summed E-state index contributed by atoms with van der Waals surface area (Å²) < 4.78 is 5.16. The zero-order valence-corrected chi connectivity index (χ0v) is 8.83. The van der Waals surface area contributed by atoms with E-state index in [-0.39, 0.29) is 12.0 Å². The molecule has 2 fully saturated rings. The highest BCUT2D eigenvalue weighted by Crippen LogP contribution is 2.26. The first-order chi connectivity index (χ1) is 6.74. The zero-order chi connectivity index (χ0) is 10.0. The van der Waals surface area contributed by atoms with E-state index >= 15 is 0 Å². The normalized spacial score (nSPS) is 31.7. The van der Waals surface area contributed by atoms with Gasteiger partial charge in [0.25, 0.3) is 0 Å². The molecular formula is C10H20N2O2. The number of likely N-dealkylation sites (tertiary alicyclic amines) is 1. The monoisotopic (exact) mass is 200 g/mol. The summed E-state index contributed by atoms with van der Waals surface area (Å²) in [5, 5.41) is 12.8. The lowest BCUT2D eigenvalue weighted by atomic mass is 9.87. The zero-order valence-electron chi connectivity index (χ0n) is 8.83. The number of aliphatic hydroxyl groups excluding tert-OH is 1. The Morgan fingerprint density at radius 1 is 1.57 bits per heavy atom. The minimum Gasteiger partial charge on any atom is -0.396 e. The molecule has 2 rings (SSSR count). The Kier molecular flexibility index (Phi) is 3.07. The van der Waals surface area contributed by atoms with Crippen molar-refractivity contribution in [2.45, 2.75) is 12.5 Å². The van der Waals surface area contributed by atoms with Gasteiger partial charge < -0.3 is 20.1 Å². The summed E-state index contributed by atoms with van der Waals surface area (Å²) in [6, 6.07) is 0.601. The van der Waals surface area contributed by atoms with E-state index in [1.54, 1.807) is 0 Å². The Morgan fingerprint density at radius 3 is 2.79 bits per heavy atom. The Balaban J connectivity index is 1.71. The van der Waals surface area contributed by atoms with Gasteiger partial charge in [0.15, 0.2) is 0 Å². The smallest absolute Gasteiger partial charge is 0.0579 e. The van der Waals surface area contributed by atoms with Gasteiger partial charge in [-0.1, -0.05) is 0 Å². The van der Waals surface area contributed by atoms with Crippen LogP contribution >= 0.6 is 0 Å². The van der Waals surface area contributed by atoms with Crippen LogP contribution in [0.5, 0.6) is 0 Å². The van der Waals surface area contributed by atoms with E-state index in [1.807, 2.05) is 0 Å². The van der Waals surface area contributed by atoms with Gasteiger partial charge >= 0.3 is 0 Å². The molecule has 2 aliphatic rings. The number of hydrogen-bond donors (Lipinski definition) is 2. The van der Waals surface area contributed by atoms with Gasteiger partial charge in [0, 0.05) is 19.1 Å². The van der Waals surface area contributed by atoms with Crippen LogP contribution < -0.4 is 5.32 Å². The maximum absolute atomic E-state index is 9.23. The van der Waals surface area contributed by atoms with Gasteiger partial charge in [0.1, 0.15) is 0 Å². The van der Waals surface area contributed by atoms with E-state index in [4.69, 9.17) is 4.74 Å². The van der Waals surface area contributed by atoms with Crippen molar-refractivity contribution in [3.63, 3.8) is 0 Å². The molecule has 1 unspecified atom stereocenters. The van der Waals surface area contributed by atoms with Crippen LogP contribution in [0.4, 0.5) is 0 Å². The van der Waals surface area contributed by atoms with Gasteiger partial charge in [0.2, 0.25) is 0 Å². The second kappa shape index (κ2) is 4.14. The fourth-order valence-corrected chi connectivity index (χ4v) is 2.10. The molecule has 0 aromatic carbocycles. The molecule has 2 N–H and O–H groups in total. The molecule has 0 aromatic heterocycles. The van der Waals surface area contributed by atoms with Crippen LogP contribution in [0.25, 0.3) is 0 Å². The first kappa shape index (κ1) is 10.4. The number of rotatable bonds is 4. The predicted octanol–water partition coefficient (Wildman–Crippen LogP) is -0.711. The molecule has 4 heteroatoms. The standard InChI is InChI=1S/C10H20N2O2/c1-12-3-2-9(4-12)11-5-10(6-13)7-14-8-10/h9,11,13H,2-8H2,1H3. The summed E-state index contributed by atoms with van der Waals surface area (Å²) in [5.41, 5.74) is 0.0150. The first-order valence-electron chi connectivity index (χ1n) is 5.35. The van der Waals surface area contributed by atoms with Crippen LogP contribution in [0.2, 0.25) is 0 Å². The van der Waals surface area contributed by atoms with Gasteiger partial charge in [-0.05, 0) is 20.0 Å². The summed E-state index contributed by atoms with van der Waals surface area (Å²) in [6.07, 6.45) is 1.22. The van der Waals surface area contributed by atoms with Crippen LogP contribution in [-0.4, -0.2) is 62.6 Å². The van der Waals surface area contributed by atoms with E-state index in [1.165, 1.54) is 13.0 Å².